The summed E-state index contributed by atoms with van der Waals surface area (Å²) in [5.74, 6) is -0.458. The van der Waals surface area contributed by atoms with E-state index in [0.29, 0.717) is 32.0 Å². The number of nitrogens with zero attached hydrogens (tertiary/aromatic N) is 2. The van der Waals surface area contributed by atoms with E-state index in [4.69, 9.17) is 16.9 Å². The molecule has 2 aromatic carbocycles. The summed E-state index contributed by atoms with van der Waals surface area (Å²) in [6.45, 7) is 0. The van der Waals surface area contributed by atoms with Crippen molar-refractivity contribution in [3.8, 4) is 6.07 Å². The maximum Gasteiger partial charge on any atom is 0.148 e. The summed E-state index contributed by atoms with van der Waals surface area (Å²) in [6.07, 6.45) is 1.63. The van der Waals surface area contributed by atoms with Crippen LogP contribution in [0.4, 0.5) is 15.8 Å². The molecule has 0 bridgehead atoms. The van der Waals surface area contributed by atoms with E-state index in [1.807, 2.05) is 0 Å². The van der Waals surface area contributed by atoms with Gasteiger partial charge in [-0.3, -0.25) is 4.98 Å². The van der Waals surface area contributed by atoms with Gasteiger partial charge in [-0.05, 0) is 52.3 Å². The summed E-state index contributed by atoms with van der Waals surface area (Å²) in [5.41, 5.74) is 2.15. The number of hydrogen-bond acceptors (Lipinski definition) is 3. The van der Waals surface area contributed by atoms with E-state index in [2.05, 4.69) is 32.3 Å². The Morgan fingerprint density at radius 1 is 1.23 bits per heavy atom. The van der Waals surface area contributed by atoms with Crippen LogP contribution in [0.5, 0.6) is 0 Å². The molecule has 0 unspecified atom stereocenters. The summed E-state index contributed by atoms with van der Waals surface area (Å²) >= 11 is 9.17. The fraction of sp³-hybridized carbons (Fsp3) is 0. The Bertz CT molecular complexity index is 921. The van der Waals surface area contributed by atoms with Gasteiger partial charge in [0.2, 0.25) is 0 Å². The van der Waals surface area contributed by atoms with Gasteiger partial charge >= 0.3 is 0 Å². The van der Waals surface area contributed by atoms with Crippen LogP contribution >= 0.6 is 27.5 Å². The number of fused-ring (bicyclic) bond motifs is 1. The van der Waals surface area contributed by atoms with Crippen LogP contribution < -0.4 is 5.32 Å². The molecular weight excluding hydrogens is 369 g/mol. The molecule has 0 aliphatic rings. The molecular formula is C16H8BrClFN3. The van der Waals surface area contributed by atoms with Crippen molar-refractivity contribution in [3.63, 3.8) is 0 Å². The van der Waals surface area contributed by atoms with Crippen molar-refractivity contribution in [3.05, 3.63) is 63.5 Å². The van der Waals surface area contributed by atoms with E-state index in [1.165, 1.54) is 6.07 Å². The molecule has 0 aliphatic carbocycles. The number of nitrogens with one attached hydrogen (secondary N) is 1. The highest BCUT2D eigenvalue weighted by atomic mass is 79.9. The lowest BCUT2D eigenvalue weighted by Crippen LogP contribution is -1.97. The fourth-order valence-corrected chi connectivity index (χ4v) is 2.66. The quantitative estimate of drug-likeness (QED) is 0.651. The van der Waals surface area contributed by atoms with Crippen molar-refractivity contribution < 1.29 is 4.39 Å². The minimum atomic E-state index is -0.458. The second kappa shape index (κ2) is 5.91. The van der Waals surface area contributed by atoms with Crippen LogP contribution in [0.25, 0.3) is 10.9 Å². The first kappa shape index (κ1) is 14.8. The summed E-state index contributed by atoms with van der Waals surface area (Å²) < 4.78 is 14.7. The molecule has 1 heterocycles. The van der Waals surface area contributed by atoms with Crippen molar-refractivity contribution in [2.45, 2.75) is 0 Å². The summed E-state index contributed by atoms with van der Waals surface area (Å²) in [6, 6.07) is 11.6. The Balaban J connectivity index is 2.17. The highest BCUT2D eigenvalue weighted by Gasteiger charge is 2.11. The molecule has 1 aromatic heterocycles. The van der Waals surface area contributed by atoms with E-state index in [-0.39, 0.29) is 0 Å². The van der Waals surface area contributed by atoms with Crippen LogP contribution in [0.3, 0.4) is 0 Å². The Morgan fingerprint density at radius 2 is 2.05 bits per heavy atom. The van der Waals surface area contributed by atoms with Crippen LogP contribution in [0.2, 0.25) is 5.02 Å². The number of hydrogen-bond donors (Lipinski definition) is 1. The number of pyridine rings is 1. The largest absolute Gasteiger partial charge is 0.352 e. The molecule has 22 heavy (non-hydrogen) atoms. The highest BCUT2D eigenvalue weighted by Crippen LogP contribution is 2.34. The van der Waals surface area contributed by atoms with Gasteiger partial charge in [0.15, 0.2) is 0 Å². The monoisotopic (exact) mass is 375 g/mol. The predicted molar refractivity (Wildman–Crippen MR) is 88.9 cm³/mol. The average Bonchev–Trinajstić information content (AvgIpc) is 2.51. The zero-order valence-electron chi connectivity index (χ0n) is 11.1. The number of aromatic nitrogens is 1. The Morgan fingerprint density at radius 3 is 2.77 bits per heavy atom. The van der Waals surface area contributed by atoms with Gasteiger partial charge in [-0.15, -0.1) is 0 Å². The van der Waals surface area contributed by atoms with Crippen molar-refractivity contribution >= 4 is 49.8 Å². The van der Waals surface area contributed by atoms with Gasteiger partial charge < -0.3 is 5.32 Å². The van der Waals surface area contributed by atoms with Crippen LogP contribution in [-0.4, -0.2) is 4.98 Å². The molecule has 0 saturated carbocycles. The van der Waals surface area contributed by atoms with Crippen molar-refractivity contribution in [1.82, 2.24) is 4.98 Å². The van der Waals surface area contributed by atoms with E-state index in [9.17, 15) is 4.39 Å². The lowest BCUT2D eigenvalue weighted by molar-refractivity contribution is 0.632. The van der Waals surface area contributed by atoms with Crippen LogP contribution in [0, 0.1) is 17.1 Å². The summed E-state index contributed by atoms with van der Waals surface area (Å²) in [5, 5.41) is 13.1. The minimum Gasteiger partial charge on any atom is -0.352 e. The molecule has 108 valence electrons. The number of nitriles is 1. The first-order valence-electron chi connectivity index (χ1n) is 6.29. The maximum atomic E-state index is 14.0. The number of halogens is 3. The molecule has 0 spiro atoms. The van der Waals surface area contributed by atoms with Gasteiger partial charge in [-0.1, -0.05) is 11.6 Å². The molecule has 1 N–H and O–H groups in total. The third-order valence-corrected chi connectivity index (χ3v) is 3.98. The molecule has 0 fully saturated rings. The molecule has 0 aliphatic heterocycles. The molecule has 3 rings (SSSR count). The zero-order valence-corrected chi connectivity index (χ0v) is 13.4. The Labute approximate surface area is 139 Å². The molecule has 0 amide bonds. The maximum absolute atomic E-state index is 14.0. The summed E-state index contributed by atoms with van der Waals surface area (Å²) in [7, 11) is 0. The van der Waals surface area contributed by atoms with Crippen molar-refractivity contribution in [1.29, 1.82) is 5.26 Å². The highest BCUT2D eigenvalue weighted by molar-refractivity contribution is 9.10. The van der Waals surface area contributed by atoms with E-state index in [0.717, 1.165) is 5.39 Å². The van der Waals surface area contributed by atoms with E-state index >= 15 is 0 Å². The number of benzene rings is 2. The lowest BCUT2D eigenvalue weighted by Gasteiger charge is -2.12. The standard InChI is InChI=1S/C16H8BrClFN3/c17-12-8-21-14-3-1-9(7-20)5-11(14)16(12)22-15-4-2-10(18)6-13(15)19/h1-6,8H,(H,21,22). The number of rotatable bonds is 2. The van der Waals surface area contributed by atoms with Gasteiger partial charge in [0.25, 0.3) is 0 Å². The molecule has 3 aromatic rings. The molecule has 3 nitrogen and oxygen atoms in total. The van der Waals surface area contributed by atoms with Crippen molar-refractivity contribution in [2.75, 3.05) is 5.32 Å². The predicted octanol–water partition coefficient (Wildman–Crippen LogP) is 5.41. The van der Waals surface area contributed by atoms with Gasteiger partial charge in [0, 0.05) is 16.6 Å². The Hall–Kier alpha value is -2.16. The third-order valence-electron chi connectivity index (χ3n) is 3.14. The first-order chi connectivity index (χ1) is 10.6. The summed E-state index contributed by atoms with van der Waals surface area (Å²) in [4.78, 5) is 4.28. The smallest absolute Gasteiger partial charge is 0.148 e. The van der Waals surface area contributed by atoms with E-state index in [1.54, 1.807) is 36.5 Å². The number of anilines is 2. The van der Waals surface area contributed by atoms with Crippen molar-refractivity contribution in [2.24, 2.45) is 0 Å². The van der Waals surface area contributed by atoms with Crippen LogP contribution in [0.15, 0.2) is 47.1 Å². The fourth-order valence-electron chi connectivity index (χ4n) is 2.09. The molecule has 0 saturated heterocycles. The normalized spacial score (nSPS) is 10.5. The van der Waals surface area contributed by atoms with Gasteiger partial charge in [-0.25, -0.2) is 4.39 Å². The Kier molecular flexibility index (Phi) is 3.97. The first-order valence-corrected chi connectivity index (χ1v) is 7.46. The zero-order chi connectivity index (χ0) is 15.7. The second-order valence-electron chi connectivity index (χ2n) is 4.57. The van der Waals surface area contributed by atoms with Crippen LogP contribution in [0.1, 0.15) is 5.56 Å². The SMILES string of the molecule is N#Cc1ccc2ncc(Br)c(Nc3ccc(Cl)cc3F)c2c1. The lowest BCUT2D eigenvalue weighted by atomic mass is 10.1. The third kappa shape index (κ3) is 2.76. The molecule has 0 atom stereocenters. The topological polar surface area (TPSA) is 48.7 Å². The van der Waals surface area contributed by atoms with Crippen LogP contribution in [-0.2, 0) is 0 Å². The molecule has 6 heteroatoms. The van der Waals surface area contributed by atoms with Gasteiger partial charge in [-0.2, -0.15) is 5.26 Å². The van der Waals surface area contributed by atoms with Gasteiger partial charge in [0.05, 0.1) is 33.0 Å². The van der Waals surface area contributed by atoms with Gasteiger partial charge in [0.1, 0.15) is 5.82 Å². The average molecular weight is 377 g/mol. The van der Waals surface area contributed by atoms with E-state index < -0.39 is 5.82 Å². The second-order valence-corrected chi connectivity index (χ2v) is 5.86. The molecule has 0 radical (unpaired) electrons. The minimum absolute atomic E-state index is 0.292.